The number of benzene rings is 1. The van der Waals surface area contributed by atoms with Crippen LogP contribution in [0.15, 0.2) is 28.7 Å². The van der Waals surface area contributed by atoms with Gasteiger partial charge in [0, 0.05) is 22.6 Å². The van der Waals surface area contributed by atoms with Crippen molar-refractivity contribution in [3.8, 4) is 0 Å². The maximum atomic E-state index is 12.0. The maximum absolute atomic E-state index is 12.0. The predicted octanol–water partition coefficient (Wildman–Crippen LogP) is 1.99. The van der Waals surface area contributed by atoms with Crippen LogP contribution in [0.2, 0.25) is 0 Å². The van der Waals surface area contributed by atoms with E-state index in [0.29, 0.717) is 11.5 Å². The normalized spacial score (nSPS) is 24.4. The molecule has 1 fully saturated rings. The van der Waals surface area contributed by atoms with Crippen LogP contribution in [0.4, 0.5) is 0 Å². The Hall–Kier alpha value is -0.870. The van der Waals surface area contributed by atoms with Crippen LogP contribution in [0.3, 0.4) is 0 Å². The van der Waals surface area contributed by atoms with Gasteiger partial charge in [0.2, 0.25) is 0 Å². The van der Waals surface area contributed by atoms with E-state index in [1.54, 1.807) is 0 Å². The van der Waals surface area contributed by atoms with E-state index >= 15 is 0 Å². The summed E-state index contributed by atoms with van der Waals surface area (Å²) in [4.78, 5) is 12.0. The molecule has 1 aromatic carbocycles. The Kier molecular flexibility index (Phi) is 4.18. The molecule has 0 bridgehead atoms. The molecule has 0 aromatic heterocycles. The number of nitrogens with one attached hydrogen (secondary N) is 2. The van der Waals surface area contributed by atoms with Crippen LogP contribution in [0.1, 0.15) is 17.3 Å². The van der Waals surface area contributed by atoms with E-state index in [4.69, 9.17) is 0 Å². The Labute approximate surface area is 110 Å². The summed E-state index contributed by atoms with van der Waals surface area (Å²) in [5.41, 5.74) is 0.686. The van der Waals surface area contributed by atoms with Gasteiger partial charge in [0.15, 0.2) is 0 Å². The van der Waals surface area contributed by atoms with Crippen LogP contribution >= 0.6 is 15.9 Å². The number of rotatable bonds is 2. The van der Waals surface area contributed by atoms with Gasteiger partial charge in [0.25, 0.3) is 5.91 Å². The van der Waals surface area contributed by atoms with E-state index in [0.717, 1.165) is 17.6 Å². The van der Waals surface area contributed by atoms with Crippen LogP contribution in [0.25, 0.3) is 0 Å². The first-order valence-corrected chi connectivity index (χ1v) is 6.56. The van der Waals surface area contributed by atoms with Gasteiger partial charge in [-0.3, -0.25) is 4.79 Å². The minimum atomic E-state index is -0.0246. The van der Waals surface area contributed by atoms with Gasteiger partial charge in [0.1, 0.15) is 0 Å². The molecule has 2 unspecified atom stereocenters. The molecule has 1 heterocycles. The molecule has 91 valence electrons. The Morgan fingerprint density at radius 2 is 2.29 bits per heavy atom. The lowest BCUT2D eigenvalue weighted by Gasteiger charge is -2.28. The monoisotopic (exact) mass is 295 g/mol. The number of piperidine rings is 1. The Morgan fingerprint density at radius 3 is 3.00 bits per heavy atom. The summed E-state index contributed by atoms with van der Waals surface area (Å²) in [5.74, 6) is 0.472. The summed E-state index contributed by atoms with van der Waals surface area (Å²) in [6.45, 7) is 3.94. The zero-order valence-corrected chi connectivity index (χ0v) is 11.3. The summed E-state index contributed by atoms with van der Waals surface area (Å²) in [6.07, 6.45) is 2.19. The molecular weight excluding hydrogens is 280 g/mol. The molecule has 3 nitrogen and oxygen atoms in total. The first-order chi connectivity index (χ1) is 8.15. The highest BCUT2D eigenvalue weighted by atomic mass is 79.9. The molecule has 0 spiro atoms. The Bertz CT molecular complexity index is 408. The number of hydrogen-bond donors (Lipinski definition) is 2. The van der Waals surface area contributed by atoms with Gasteiger partial charge in [0.05, 0.1) is 0 Å². The van der Waals surface area contributed by atoms with Crippen LogP contribution < -0.4 is 10.6 Å². The largest absolute Gasteiger partial charge is 0.348 e. The Morgan fingerprint density at radius 1 is 1.47 bits per heavy atom. The topological polar surface area (TPSA) is 41.1 Å². The van der Waals surface area contributed by atoms with Crippen molar-refractivity contribution in [2.45, 2.75) is 13.0 Å². The quantitative estimate of drug-likeness (QED) is 0.876. The highest BCUT2D eigenvalue weighted by molar-refractivity contribution is 9.10. The predicted molar refractivity (Wildman–Crippen MR) is 71.7 cm³/mol. The van der Waals surface area contributed by atoms with Crippen molar-refractivity contribution in [1.82, 2.24) is 10.6 Å². The van der Waals surface area contributed by atoms with E-state index in [-0.39, 0.29) is 11.9 Å². The third-order valence-electron chi connectivity index (χ3n) is 2.79. The van der Waals surface area contributed by atoms with Crippen LogP contribution in [0.5, 0.6) is 0 Å². The average molecular weight is 296 g/mol. The number of amides is 1. The molecule has 1 amide bonds. The number of hydrogen-bond acceptors (Lipinski definition) is 2. The summed E-state index contributed by atoms with van der Waals surface area (Å²) in [6, 6.07) is 7.54. The number of carbonyl (C=O) groups excluding carboxylic acids is 1. The third-order valence-corrected chi connectivity index (χ3v) is 3.29. The average Bonchev–Trinajstić information content (AvgIpc) is 2.29. The molecule has 0 aliphatic carbocycles. The summed E-state index contributed by atoms with van der Waals surface area (Å²) < 4.78 is 0.921. The van der Waals surface area contributed by atoms with Gasteiger partial charge in [-0.25, -0.2) is 0 Å². The molecule has 1 aliphatic rings. The fourth-order valence-corrected chi connectivity index (χ4v) is 2.38. The van der Waals surface area contributed by atoms with Crippen molar-refractivity contribution in [3.63, 3.8) is 0 Å². The van der Waals surface area contributed by atoms with Gasteiger partial charge < -0.3 is 10.6 Å². The smallest absolute Gasteiger partial charge is 0.251 e. The highest BCUT2D eigenvalue weighted by Crippen LogP contribution is 2.13. The molecule has 2 rings (SSSR count). The third kappa shape index (κ3) is 3.54. The molecule has 4 heteroatoms. The zero-order chi connectivity index (χ0) is 12.3. The first-order valence-electron chi connectivity index (χ1n) is 5.77. The van der Waals surface area contributed by atoms with Crippen molar-refractivity contribution in [3.05, 3.63) is 40.7 Å². The number of carbonyl (C=O) groups is 1. The molecule has 1 radical (unpaired) electrons. The van der Waals surface area contributed by atoms with Crippen molar-refractivity contribution in [1.29, 1.82) is 0 Å². The van der Waals surface area contributed by atoms with E-state index < -0.39 is 0 Å². The molecule has 2 atom stereocenters. The fraction of sp³-hybridized carbons (Fsp3) is 0.385. The van der Waals surface area contributed by atoms with Gasteiger partial charge in [-0.2, -0.15) is 0 Å². The van der Waals surface area contributed by atoms with Crippen molar-refractivity contribution in [2.24, 2.45) is 5.92 Å². The minimum Gasteiger partial charge on any atom is -0.348 e. The maximum Gasteiger partial charge on any atom is 0.251 e. The lowest BCUT2D eigenvalue weighted by atomic mass is 9.97. The number of halogens is 1. The molecule has 2 N–H and O–H groups in total. The van der Waals surface area contributed by atoms with Gasteiger partial charge in [-0.05, 0) is 37.1 Å². The lowest BCUT2D eigenvalue weighted by molar-refractivity contribution is 0.0937. The molecular formula is C13H16BrN2O. The lowest BCUT2D eigenvalue weighted by Crippen LogP contribution is -2.48. The van der Waals surface area contributed by atoms with Crippen LogP contribution in [-0.4, -0.2) is 25.0 Å². The van der Waals surface area contributed by atoms with Crippen LogP contribution in [-0.2, 0) is 0 Å². The Balaban J connectivity index is 1.97. The van der Waals surface area contributed by atoms with Gasteiger partial charge in [-0.15, -0.1) is 0 Å². The van der Waals surface area contributed by atoms with Crippen molar-refractivity contribution < 1.29 is 4.79 Å². The SMILES string of the molecule is CC1[CH]C(NC(=O)c2cccc(Br)c2)CNC1. The van der Waals surface area contributed by atoms with E-state index in [1.807, 2.05) is 24.3 Å². The van der Waals surface area contributed by atoms with E-state index in [2.05, 4.69) is 39.9 Å². The van der Waals surface area contributed by atoms with E-state index in [9.17, 15) is 4.79 Å². The summed E-state index contributed by atoms with van der Waals surface area (Å²) >= 11 is 3.37. The fourth-order valence-electron chi connectivity index (χ4n) is 1.98. The molecule has 1 aliphatic heterocycles. The molecule has 17 heavy (non-hydrogen) atoms. The standard InChI is InChI=1S/C13H16BrN2O/c1-9-5-12(8-15-7-9)16-13(17)10-3-2-4-11(14)6-10/h2-6,9,12,15H,7-8H2,1H3,(H,16,17). The second-order valence-corrected chi connectivity index (χ2v) is 5.33. The molecule has 1 saturated heterocycles. The second kappa shape index (κ2) is 5.65. The first kappa shape index (κ1) is 12.6. The highest BCUT2D eigenvalue weighted by Gasteiger charge is 2.20. The second-order valence-electron chi connectivity index (χ2n) is 4.42. The van der Waals surface area contributed by atoms with Gasteiger partial charge in [-0.1, -0.05) is 28.9 Å². The summed E-state index contributed by atoms with van der Waals surface area (Å²) in [7, 11) is 0. The van der Waals surface area contributed by atoms with Gasteiger partial charge >= 0.3 is 0 Å². The molecule has 1 aromatic rings. The minimum absolute atomic E-state index is 0.0246. The van der Waals surface area contributed by atoms with Crippen molar-refractivity contribution >= 4 is 21.8 Å². The molecule has 0 saturated carbocycles. The van der Waals surface area contributed by atoms with Crippen LogP contribution in [0, 0.1) is 12.3 Å². The summed E-state index contributed by atoms with van der Waals surface area (Å²) in [5, 5.41) is 6.31. The van der Waals surface area contributed by atoms with Crippen molar-refractivity contribution in [2.75, 3.05) is 13.1 Å². The van der Waals surface area contributed by atoms with E-state index in [1.165, 1.54) is 0 Å². The zero-order valence-electron chi connectivity index (χ0n) is 9.74.